The fourth-order valence-corrected chi connectivity index (χ4v) is 1.80. The first-order valence-electron chi connectivity index (χ1n) is 6.93. The number of rotatable bonds is 10. The molecule has 0 spiro atoms. The fraction of sp³-hybridized carbons (Fsp3) is 0.571. The SMILES string of the molecule is CCNc1cc(C(=O)NCCCOCCOC)c(Cl)cn1. The molecule has 0 aliphatic carbocycles. The third-order valence-corrected chi connectivity index (χ3v) is 2.94. The van der Waals surface area contributed by atoms with Crippen molar-refractivity contribution in [3.05, 3.63) is 22.8 Å². The van der Waals surface area contributed by atoms with E-state index in [1.165, 1.54) is 6.20 Å². The summed E-state index contributed by atoms with van der Waals surface area (Å²) in [6, 6.07) is 1.65. The van der Waals surface area contributed by atoms with Crippen molar-refractivity contribution in [1.82, 2.24) is 10.3 Å². The van der Waals surface area contributed by atoms with Gasteiger partial charge in [-0.25, -0.2) is 4.98 Å². The molecule has 0 atom stereocenters. The molecule has 1 amide bonds. The highest BCUT2D eigenvalue weighted by Crippen LogP contribution is 2.17. The standard InChI is InChI=1S/C14H22ClN3O3/c1-3-16-13-9-11(12(15)10-18-13)14(19)17-5-4-6-21-8-7-20-2/h9-10H,3-8H2,1-2H3,(H,16,18)(H,17,19). The molecule has 0 saturated heterocycles. The van der Waals surface area contributed by atoms with Crippen molar-refractivity contribution in [2.45, 2.75) is 13.3 Å². The van der Waals surface area contributed by atoms with E-state index in [0.717, 1.165) is 13.0 Å². The maximum absolute atomic E-state index is 12.0. The van der Waals surface area contributed by atoms with Gasteiger partial charge in [0.25, 0.3) is 5.91 Å². The number of aromatic nitrogens is 1. The molecule has 118 valence electrons. The molecular weight excluding hydrogens is 294 g/mol. The number of nitrogens with one attached hydrogen (secondary N) is 2. The summed E-state index contributed by atoms with van der Waals surface area (Å²) in [5.41, 5.74) is 0.419. The van der Waals surface area contributed by atoms with Crippen LogP contribution in [0.3, 0.4) is 0 Å². The van der Waals surface area contributed by atoms with Crippen molar-refractivity contribution in [3.8, 4) is 0 Å². The van der Waals surface area contributed by atoms with E-state index < -0.39 is 0 Å². The maximum atomic E-state index is 12.0. The zero-order chi connectivity index (χ0) is 15.5. The van der Waals surface area contributed by atoms with E-state index in [4.69, 9.17) is 21.1 Å². The number of carbonyl (C=O) groups is 1. The highest BCUT2D eigenvalue weighted by atomic mass is 35.5. The van der Waals surface area contributed by atoms with Crippen LogP contribution < -0.4 is 10.6 Å². The van der Waals surface area contributed by atoms with Crippen molar-refractivity contribution in [3.63, 3.8) is 0 Å². The molecule has 1 aromatic rings. The summed E-state index contributed by atoms with van der Waals surface area (Å²) in [6.45, 7) is 4.93. The van der Waals surface area contributed by atoms with Crippen LogP contribution in [0, 0.1) is 0 Å². The van der Waals surface area contributed by atoms with Crippen molar-refractivity contribution in [1.29, 1.82) is 0 Å². The van der Waals surface area contributed by atoms with E-state index in [9.17, 15) is 4.79 Å². The minimum absolute atomic E-state index is 0.210. The Morgan fingerprint density at radius 2 is 2.19 bits per heavy atom. The number of carbonyl (C=O) groups excluding carboxylic acids is 1. The molecule has 1 aromatic heterocycles. The van der Waals surface area contributed by atoms with Crippen LogP contribution in [0.25, 0.3) is 0 Å². The summed E-state index contributed by atoms with van der Waals surface area (Å²) in [5.74, 6) is 0.424. The zero-order valence-electron chi connectivity index (χ0n) is 12.4. The highest BCUT2D eigenvalue weighted by molar-refractivity contribution is 6.33. The van der Waals surface area contributed by atoms with E-state index in [1.807, 2.05) is 6.92 Å². The minimum atomic E-state index is -0.210. The number of pyridine rings is 1. The molecule has 2 N–H and O–H groups in total. The van der Waals surface area contributed by atoms with Gasteiger partial charge in [-0.1, -0.05) is 11.6 Å². The van der Waals surface area contributed by atoms with Gasteiger partial charge in [0.1, 0.15) is 5.82 Å². The van der Waals surface area contributed by atoms with Crippen molar-refractivity contribution in [2.75, 3.05) is 45.3 Å². The lowest BCUT2D eigenvalue weighted by molar-refractivity contribution is 0.0688. The Morgan fingerprint density at radius 3 is 2.90 bits per heavy atom. The molecule has 21 heavy (non-hydrogen) atoms. The third kappa shape index (κ3) is 6.75. The van der Waals surface area contributed by atoms with Crippen molar-refractivity contribution in [2.24, 2.45) is 0 Å². The van der Waals surface area contributed by atoms with Gasteiger partial charge < -0.3 is 20.1 Å². The summed E-state index contributed by atoms with van der Waals surface area (Å²) < 4.78 is 10.2. The number of hydrogen-bond donors (Lipinski definition) is 2. The van der Waals surface area contributed by atoms with Crippen molar-refractivity contribution < 1.29 is 14.3 Å². The number of nitrogens with zero attached hydrogens (tertiary/aromatic N) is 1. The number of anilines is 1. The molecule has 7 heteroatoms. The first kappa shape index (κ1) is 17.7. The Labute approximate surface area is 130 Å². The zero-order valence-corrected chi connectivity index (χ0v) is 13.2. The lowest BCUT2D eigenvalue weighted by Gasteiger charge is -2.09. The summed E-state index contributed by atoms with van der Waals surface area (Å²) >= 11 is 6.00. The van der Waals surface area contributed by atoms with Crippen LogP contribution in [-0.2, 0) is 9.47 Å². The molecule has 6 nitrogen and oxygen atoms in total. The Balaban J connectivity index is 2.36. The van der Waals surface area contributed by atoms with Gasteiger partial charge in [0.2, 0.25) is 0 Å². The number of amides is 1. The molecule has 0 bridgehead atoms. The topological polar surface area (TPSA) is 72.5 Å². The number of ether oxygens (including phenoxy) is 2. The fourth-order valence-electron chi connectivity index (χ4n) is 1.61. The Kier molecular flexibility index (Phi) is 8.73. The van der Waals surface area contributed by atoms with Crippen LogP contribution in [0.4, 0.5) is 5.82 Å². The smallest absolute Gasteiger partial charge is 0.252 e. The highest BCUT2D eigenvalue weighted by Gasteiger charge is 2.11. The van der Waals surface area contributed by atoms with Crippen LogP contribution in [0.1, 0.15) is 23.7 Å². The van der Waals surface area contributed by atoms with Crippen LogP contribution in [0.2, 0.25) is 5.02 Å². The summed E-state index contributed by atoms with van der Waals surface area (Å²) in [6.07, 6.45) is 2.21. The average Bonchev–Trinajstić information content (AvgIpc) is 2.48. The quantitative estimate of drug-likeness (QED) is 0.646. The maximum Gasteiger partial charge on any atom is 0.252 e. The predicted molar refractivity (Wildman–Crippen MR) is 83.1 cm³/mol. The second-order valence-electron chi connectivity index (χ2n) is 4.29. The van der Waals surface area contributed by atoms with Crippen LogP contribution in [0.5, 0.6) is 0 Å². The van der Waals surface area contributed by atoms with E-state index in [0.29, 0.717) is 42.8 Å². The monoisotopic (exact) mass is 315 g/mol. The van der Waals surface area contributed by atoms with Gasteiger partial charge in [-0.3, -0.25) is 4.79 Å². The molecule has 0 radical (unpaired) electrons. The molecule has 1 rings (SSSR count). The van der Waals surface area contributed by atoms with Gasteiger partial charge in [-0.2, -0.15) is 0 Å². The van der Waals surface area contributed by atoms with Crippen molar-refractivity contribution >= 4 is 23.3 Å². The second kappa shape index (κ2) is 10.4. The lowest BCUT2D eigenvalue weighted by atomic mass is 10.2. The van der Waals surface area contributed by atoms with E-state index in [2.05, 4.69) is 15.6 Å². The summed E-state index contributed by atoms with van der Waals surface area (Å²) in [7, 11) is 1.63. The number of methoxy groups -OCH3 is 1. The Hall–Kier alpha value is -1.37. The van der Waals surface area contributed by atoms with Gasteiger partial charge in [0.05, 0.1) is 23.8 Å². The number of hydrogen-bond acceptors (Lipinski definition) is 5. The van der Waals surface area contributed by atoms with Gasteiger partial charge in [-0.15, -0.1) is 0 Å². The summed E-state index contributed by atoms with van der Waals surface area (Å²) in [4.78, 5) is 16.1. The normalized spacial score (nSPS) is 10.4. The Bertz CT molecular complexity index is 443. The van der Waals surface area contributed by atoms with Crippen LogP contribution in [-0.4, -0.2) is 50.9 Å². The molecular formula is C14H22ClN3O3. The third-order valence-electron chi connectivity index (χ3n) is 2.64. The van der Waals surface area contributed by atoms with Gasteiger partial charge in [0, 0.05) is 33.0 Å². The average molecular weight is 316 g/mol. The molecule has 0 fully saturated rings. The molecule has 0 saturated carbocycles. The summed E-state index contributed by atoms with van der Waals surface area (Å²) in [5, 5.41) is 6.19. The van der Waals surface area contributed by atoms with E-state index in [-0.39, 0.29) is 5.91 Å². The largest absolute Gasteiger partial charge is 0.382 e. The predicted octanol–water partition coefficient (Wildman–Crippen LogP) is 1.95. The number of halogens is 1. The van der Waals surface area contributed by atoms with Gasteiger partial charge in [0.15, 0.2) is 0 Å². The minimum Gasteiger partial charge on any atom is -0.382 e. The van der Waals surface area contributed by atoms with Gasteiger partial charge >= 0.3 is 0 Å². The Morgan fingerprint density at radius 1 is 1.38 bits per heavy atom. The van der Waals surface area contributed by atoms with E-state index in [1.54, 1.807) is 13.2 Å². The molecule has 0 aromatic carbocycles. The second-order valence-corrected chi connectivity index (χ2v) is 4.70. The molecule has 0 unspecified atom stereocenters. The van der Waals surface area contributed by atoms with Crippen LogP contribution >= 0.6 is 11.6 Å². The first-order valence-corrected chi connectivity index (χ1v) is 7.31. The lowest BCUT2D eigenvalue weighted by Crippen LogP contribution is -2.26. The van der Waals surface area contributed by atoms with Crippen LogP contribution in [0.15, 0.2) is 12.3 Å². The van der Waals surface area contributed by atoms with E-state index >= 15 is 0 Å². The molecule has 1 heterocycles. The molecule has 0 aliphatic heterocycles. The molecule has 0 aliphatic rings. The van der Waals surface area contributed by atoms with Gasteiger partial charge in [-0.05, 0) is 19.4 Å². The first-order chi connectivity index (χ1) is 10.2.